The van der Waals surface area contributed by atoms with Crippen LogP contribution in [0.15, 0.2) is 12.1 Å². The van der Waals surface area contributed by atoms with Crippen LogP contribution >= 0.6 is 11.3 Å². The van der Waals surface area contributed by atoms with Gasteiger partial charge < -0.3 is 10.4 Å². The number of rotatable bonds is 4. The van der Waals surface area contributed by atoms with Crippen molar-refractivity contribution in [1.29, 1.82) is 0 Å². The Labute approximate surface area is 127 Å². The molecule has 2 aromatic heterocycles. The quantitative estimate of drug-likeness (QED) is 0.906. The Bertz CT molecular complexity index is 687. The molecule has 0 fully saturated rings. The predicted octanol–water partition coefficient (Wildman–Crippen LogP) is 3.56. The van der Waals surface area contributed by atoms with Gasteiger partial charge in [0.25, 0.3) is 0 Å². The number of fused-ring (bicyclic) bond motifs is 1. The molecule has 0 aliphatic heterocycles. The summed E-state index contributed by atoms with van der Waals surface area (Å²) in [4.78, 5) is 18.4. The molecular weight excluding hydrogens is 284 g/mol. The number of anilines is 1. The third-order valence-electron chi connectivity index (χ3n) is 3.93. The van der Waals surface area contributed by atoms with Crippen molar-refractivity contribution in [3.8, 4) is 0 Å². The zero-order valence-corrected chi connectivity index (χ0v) is 13.0. The number of aromatic nitrogens is 1. The fourth-order valence-corrected chi connectivity index (χ4v) is 3.67. The highest BCUT2D eigenvalue weighted by atomic mass is 32.1. The van der Waals surface area contributed by atoms with Gasteiger partial charge in [-0.25, -0.2) is 9.78 Å². The highest BCUT2D eigenvalue weighted by Crippen LogP contribution is 2.27. The second-order valence-electron chi connectivity index (χ2n) is 5.45. The zero-order chi connectivity index (χ0) is 15.0. The molecule has 0 saturated carbocycles. The van der Waals surface area contributed by atoms with Crippen molar-refractivity contribution in [3.63, 3.8) is 0 Å². The van der Waals surface area contributed by atoms with E-state index in [0.29, 0.717) is 12.4 Å². The van der Waals surface area contributed by atoms with E-state index in [9.17, 15) is 9.90 Å². The number of pyridine rings is 1. The highest BCUT2D eigenvalue weighted by Gasteiger charge is 2.19. The van der Waals surface area contributed by atoms with Crippen LogP contribution < -0.4 is 5.32 Å². The van der Waals surface area contributed by atoms with E-state index >= 15 is 0 Å². The number of carboxylic acid groups (broad SMARTS) is 1. The van der Waals surface area contributed by atoms with E-state index in [1.54, 1.807) is 17.4 Å². The van der Waals surface area contributed by atoms with E-state index in [1.165, 1.54) is 15.3 Å². The van der Waals surface area contributed by atoms with Crippen LogP contribution in [0.1, 0.15) is 43.4 Å². The van der Waals surface area contributed by atoms with Crippen LogP contribution in [0.5, 0.6) is 0 Å². The van der Waals surface area contributed by atoms with Gasteiger partial charge in [0.15, 0.2) is 0 Å². The summed E-state index contributed by atoms with van der Waals surface area (Å²) in [6.07, 6.45) is 2.95. The molecule has 5 heteroatoms. The molecule has 0 aromatic carbocycles. The maximum absolute atomic E-state index is 11.4. The first kappa shape index (κ1) is 14.1. The summed E-state index contributed by atoms with van der Waals surface area (Å²) in [5.41, 5.74) is 3.68. The third-order valence-corrected chi connectivity index (χ3v) is 5.08. The average molecular weight is 302 g/mol. The Morgan fingerprint density at radius 2 is 2.19 bits per heavy atom. The predicted molar refractivity (Wildman–Crippen MR) is 84.3 cm³/mol. The van der Waals surface area contributed by atoms with Gasteiger partial charge in [0, 0.05) is 15.4 Å². The van der Waals surface area contributed by atoms with Crippen molar-refractivity contribution in [3.05, 3.63) is 44.3 Å². The van der Waals surface area contributed by atoms with Crippen LogP contribution in [0.4, 0.5) is 5.82 Å². The van der Waals surface area contributed by atoms with Gasteiger partial charge in [-0.2, -0.15) is 0 Å². The van der Waals surface area contributed by atoms with Crippen molar-refractivity contribution in [2.75, 3.05) is 5.32 Å². The monoisotopic (exact) mass is 302 g/mol. The molecule has 21 heavy (non-hydrogen) atoms. The molecule has 110 valence electrons. The molecule has 1 aliphatic carbocycles. The lowest BCUT2D eigenvalue weighted by atomic mass is 10.1. The van der Waals surface area contributed by atoms with Crippen molar-refractivity contribution in [2.24, 2.45) is 0 Å². The van der Waals surface area contributed by atoms with Crippen LogP contribution in [0.3, 0.4) is 0 Å². The minimum Gasteiger partial charge on any atom is -0.478 e. The molecule has 0 amide bonds. The summed E-state index contributed by atoms with van der Waals surface area (Å²) >= 11 is 1.74. The molecule has 0 radical (unpaired) electrons. The molecular formula is C16H18N2O2S. The number of nitrogens with zero attached hydrogens (tertiary/aromatic N) is 1. The Balaban J connectivity index is 1.85. The lowest BCUT2D eigenvalue weighted by Crippen LogP contribution is -2.10. The standard InChI is InChI=1S/C16H18N2O2S/c1-9-6-12(21-10(9)2)8-17-15-13(16(19)20)7-11-4-3-5-14(11)18-15/h6-7H,3-5,8H2,1-2H3,(H,17,18)(H,19,20). The van der Waals surface area contributed by atoms with E-state index in [2.05, 4.69) is 30.2 Å². The molecule has 2 N–H and O–H groups in total. The Hall–Kier alpha value is -1.88. The van der Waals surface area contributed by atoms with Crippen molar-refractivity contribution in [1.82, 2.24) is 4.98 Å². The molecule has 0 unspecified atom stereocenters. The lowest BCUT2D eigenvalue weighted by Gasteiger charge is -2.10. The molecule has 3 rings (SSSR count). The summed E-state index contributed by atoms with van der Waals surface area (Å²) in [5, 5.41) is 12.6. The van der Waals surface area contributed by atoms with E-state index < -0.39 is 5.97 Å². The first-order chi connectivity index (χ1) is 10.0. The van der Waals surface area contributed by atoms with Gasteiger partial charge in [0.2, 0.25) is 0 Å². The fourth-order valence-electron chi connectivity index (χ4n) is 2.68. The van der Waals surface area contributed by atoms with Gasteiger partial charge in [0.1, 0.15) is 11.4 Å². The summed E-state index contributed by atoms with van der Waals surface area (Å²) in [6.45, 7) is 4.80. The lowest BCUT2D eigenvalue weighted by molar-refractivity contribution is 0.0697. The van der Waals surface area contributed by atoms with Crippen molar-refractivity contribution in [2.45, 2.75) is 39.7 Å². The topological polar surface area (TPSA) is 62.2 Å². The second-order valence-corrected chi connectivity index (χ2v) is 6.80. The van der Waals surface area contributed by atoms with Gasteiger partial charge in [0.05, 0.1) is 6.54 Å². The summed E-state index contributed by atoms with van der Waals surface area (Å²) < 4.78 is 0. The van der Waals surface area contributed by atoms with Crippen LogP contribution in [0, 0.1) is 13.8 Å². The number of hydrogen-bond acceptors (Lipinski definition) is 4. The summed E-state index contributed by atoms with van der Waals surface area (Å²) in [6, 6.07) is 3.92. The Morgan fingerprint density at radius 1 is 1.38 bits per heavy atom. The fraction of sp³-hybridized carbons (Fsp3) is 0.375. The molecule has 2 aromatic rings. The van der Waals surface area contributed by atoms with E-state index in [1.807, 2.05) is 0 Å². The number of hydrogen-bond donors (Lipinski definition) is 2. The van der Waals surface area contributed by atoms with Gasteiger partial charge >= 0.3 is 5.97 Å². The molecule has 0 bridgehead atoms. The molecule has 0 atom stereocenters. The first-order valence-corrected chi connectivity index (χ1v) is 7.92. The largest absolute Gasteiger partial charge is 0.478 e. The molecule has 1 aliphatic rings. The highest BCUT2D eigenvalue weighted by molar-refractivity contribution is 7.12. The van der Waals surface area contributed by atoms with Gasteiger partial charge in [-0.3, -0.25) is 0 Å². The van der Waals surface area contributed by atoms with Crippen molar-refractivity contribution >= 4 is 23.1 Å². The van der Waals surface area contributed by atoms with Gasteiger partial charge in [-0.15, -0.1) is 11.3 Å². The van der Waals surface area contributed by atoms with Gasteiger partial charge in [-0.1, -0.05) is 0 Å². The number of carboxylic acids is 1. The first-order valence-electron chi connectivity index (χ1n) is 7.10. The number of aryl methyl sites for hydroxylation is 4. The normalized spacial score (nSPS) is 13.2. The maximum Gasteiger partial charge on any atom is 0.339 e. The molecule has 0 saturated heterocycles. The van der Waals surface area contributed by atoms with Crippen LogP contribution in [0.25, 0.3) is 0 Å². The molecule has 0 spiro atoms. The van der Waals surface area contributed by atoms with Crippen LogP contribution in [-0.4, -0.2) is 16.1 Å². The smallest absolute Gasteiger partial charge is 0.339 e. The van der Waals surface area contributed by atoms with Gasteiger partial charge in [-0.05, 0) is 56.4 Å². The van der Waals surface area contributed by atoms with Crippen LogP contribution in [0.2, 0.25) is 0 Å². The van der Waals surface area contributed by atoms with Crippen LogP contribution in [-0.2, 0) is 19.4 Å². The maximum atomic E-state index is 11.4. The third kappa shape index (κ3) is 2.78. The SMILES string of the molecule is Cc1cc(CNc2nc3c(cc2C(=O)O)CCC3)sc1C. The number of nitrogens with one attached hydrogen (secondary N) is 1. The van der Waals surface area contributed by atoms with E-state index in [4.69, 9.17) is 0 Å². The van der Waals surface area contributed by atoms with E-state index in [0.717, 1.165) is 30.5 Å². The second kappa shape index (κ2) is 5.48. The number of carbonyl (C=O) groups is 1. The zero-order valence-electron chi connectivity index (χ0n) is 12.2. The van der Waals surface area contributed by atoms with E-state index in [-0.39, 0.29) is 5.56 Å². The molecule has 4 nitrogen and oxygen atoms in total. The minimum atomic E-state index is -0.918. The Morgan fingerprint density at radius 3 is 2.86 bits per heavy atom. The number of thiophene rings is 1. The minimum absolute atomic E-state index is 0.278. The Kier molecular flexibility index (Phi) is 3.68. The van der Waals surface area contributed by atoms with Crippen molar-refractivity contribution < 1.29 is 9.90 Å². The average Bonchev–Trinajstić information content (AvgIpc) is 3.02. The summed E-state index contributed by atoms with van der Waals surface area (Å²) in [5.74, 6) is -0.426. The number of aromatic carboxylic acids is 1. The molecule has 2 heterocycles. The summed E-state index contributed by atoms with van der Waals surface area (Å²) in [7, 11) is 0.